The topological polar surface area (TPSA) is 64.9 Å². The molecule has 1 atom stereocenters. The molecule has 0 aliphatic carbocycles. The summed E-state index contributed by atoms with van der Waals surface area (Å²) in [5.74, 6) is 0.501. The second-order valence-corrected chi connectivity index (χ2v) is 3.89. The first-order valence-corrected chi connectivity index (χ1v) is 4.83. The first-order valence-electron chi connectivity index (χ1n) is 3.95. The summed E-state index contributed by atoms with van der Waals surface area (Å²) in [5, 5.41) is 8.73. The monoisotopic (exact) mass is 187 g/mol. The minimum absolute atomic E-state index is 0.314. The molecule has 1 unspecified atom stereocenters. The van der Waals surface area contributed by atoms with Crippen LogP contribution in [0, 0.1) is 0 Å². The normalized spacial score (nSPS) is 13.2. The van der Waals surface area contributed by atoms with Gasteiger partial charge in [0.2, 0.25) is 5.89 Å². The predicted molar refractivity (Wildman–Crippen MR) is 47.8 cm³/mol. The molecule has 5 heteroatoms. The number of thioether (sulfide) groups is 1. The molecule has 0 fully saturated rings. The molecule has 0 aliphatic rings. The van der Waals surface area contributed by atoms with Crippen molar-refractivity contribution in [1.29, 1.82) is 0 Å². The van der Waals surface area contributed by atoms with Crippen molar-refractivity contribution in [3.63, 3.8) is 0 Å². The van der Waals surface area contributed by atoms with E-state index in [0.717, 1.165) is 6.42 Å². The maximum atomic E-state index is 5.32. The third kappa shape index (κ3) is 2.49. The lowest BCUT2D eigenvalue weighted by Crippen LogP contribution is -1.95. The molecule has 0 saturated carbocycles. The van der Waals surface area contributed by atoms with E-state index in [2.05, 4.69) is 24.0 Å². The van der Waals surface area contributed by atoms with Crippen molar-refractivity contribution < 1.29 is 4.42 Å². The molecular weight excluding hydrogens is 174 g/mol. The Hall–Kier alpha value is -0.550. The largest absolute Gasteiger partial charge is 0.415 e. The van der Waals surface area contributed by atoms with E-state index in [0.29, 0.717) is 22.9 Å². The van der Waals surface area contributed by atoms with Crippen LogP contribution < -0.4 is 5.73 Å². The van der Waals surface area contributed by atoms with Crippen LogP contribution in [0.25, 0.3) is 0 Å². The van der Waals surface area contributed by atoms with E-state index in [4.69, 9.17) is 10.2 Å². The van der Waals surface area contributed by atoms with Crippen LogP contribution in [0.2, 0.25) is 0 Å². The maximum absolute atomic E-state index is 5.32. The molecule has 0 aromatic carbocycles. The Labute approximate surface area is 75.9 Å². The molecule has 0 spiro atoms. The summed E-state index contributed by atoms with van der Waals surface area (Å²) in [5.41, 5.74) is 5.32. The minimum atomic E-state index is 0.314. The van der Waals surface area contributed by atoms with Crippen molar-refractivity contribution in [2.24, 2.45) is 5.73 Å². The van der Waals surface area contributed by atoms with Crippen molar-refractivity contribution >= 4 is 11.8 Å². The van der Waals surface area contributed by atoms with Crippen LogP contribution in [0.1, 0.15) is 26.2 Å². The SMILES string of the molecule is CCC(C)Sc1nnc(CN)o1. The van der Waals surface area contributed by atoms with Gasteiger partial charge in [-0.3, -0.25) is 0 Å². The molecule has 4 nitrogen and oxygen atoms in total. The molecule has 1 heterocycles. The minimum Gasteiger partial charge on any atom is -0.415 e. The number of hydrogen-bond donors (Lipinski definition) is 1. The van der Waals surface area contributed by atoms with Crippen LogP contribution in [0.5, 0.6) is 0 Å². The van der Waals surface area contributed by atoms with E-state index >= 15 is 0 Å². The quantitative estimate of drug-likeness (QED) is 0.722. The molecular formula is C7H13N3OS. The average Bonchev–Trinajstić information content (AvgIpc) is 2.52. The van der Waals surface area contributed by atoms with Gasteiger partial charge in [-0.25, -0.2) is 0 Å². The molecule has 1 aromatic rings. The van der Waals surface area contributed by atoms with Gasteiger partial charge in [0.15, 0.2) is 0 Å². The van der Waals surface area contributed by atoms with Gasteiger partial charge < -0.3 is 10.2 Å². The van der Waals surface area contributed by atoms with Gasteiger partial charge in [-0.15, -0.1) is 10.2 Å². The lowest BCUT2D eigenvalue weighted by atomic mass is 10.4. The molecule has 0 saturated heterocycles. The zero-order valence-corrected chi connectivity index (χ0v) is 8.10. The van der Waals surface area contributed by atoms with Crippen LogP contribution in [0.15, 0.2) is 9.64 Å². The molecule has 2 N–H and O–H groups in total. The highest BCUT2D eigenvalue weighted by Crippen LogP contribution is 2.22. The Morgan fingerprint density at radius 1 is 1.58 bits per heavy atom. The zero-order chi connectivity index (χ0) is 8.97. The number of nitrogens with two attached hydrogens (primary N) is 1. The van der Waals surface area contributed by atoms with E-state index in [1.807, 2.05) is 0 Å². The van der Waals surface area contributed by atoms with Gasteiger partial charge >= 0.3 is 0 Å². The Bertz CT molecular complexity index is 238. The number of rotatable bonds is 4. The van der Waals surface area contributed by atoms with E-state index in [-0.39, 0.29) is 0 Å². The lowest BCUT2D eigenvalue weighted by molar-refractivity contribution is 0.414. The Morgan fingerprint density at radius 2 is 2.33 bits per heavy atom. The third-order valence-electron chi connectivity index (χ3n) is 1.50. The van der Waals surface area contributed by atoms with Gasteiger partial charge in [-0.1, -0.05) is 25.6 Å². The lowest BCUT2D eigenvalue weighted by Gasteiger charge is -2.01. The molecule has 0 amide bonds. The standard InChI is InChI=1S/C7H13N3OS/c1-3-5(2)12-7-10-9-6(4-8)11-7/h5H,3-4,8H2,1-2H3. The van der Waals surface area contributed by atoms with Crippen LogP contribution in [-0.2, 0) is 6.54 Å². The predicted octanol–water partition coefficient (Wildman–Crippen LogP) is 1.42. The summed E-state index contributed by atoms with van der Waals surface area (Å²) in [6.45, 7) is 4.56. The molecule has 1 rings (SSSR count). The van der Waals surface area contributed by atoms with Crippen molar-refractivity contribution in [2.45, 2.75) is 37.3 Å². The molecule has 12 heavy (non-hydrogen) atoms. The van der Waals surface area contributed by atoms with Gasteiger partial charge in [0.05, 0.1) is 6.54 Å². The summed E-state index contributed by atoms with van der Waals surface area (Å²) in [6, 6.07) is 0. The average molecular weight is 187 g/mol. The first kappa shape index (κ1) is 9.54. The second-order valence-electron chi connectivity index (χ2n) is 2.50. The highest BCUT2D eigenvalue weighted by molar-refractivity contribution is 7.99. The van der Waals surface area contributed by atoms with E-state index < -0.39 is 0 Å². The van der Waals surface area contributed by atoms with Gasteiger partial charge in [-0.05, 0) is 6.42 Å². The van der Waals surface area contributed by atoms with Crippen molar-refractivity contribution in [2.75, 3.05) is 0 Å². The molecule has 1 aromatic heterocycles. The van der Waals surface area contributed by atoms with Crippen molar-refractivity contribution in [3.8, 4) is 0 Å². The fourth-order valence-corrected chi connectivity index (χ4v) is 1.37. The van der Waals surface area contributed by atoms with E-state index in [1.165, 1.54) is 0 Å². The number of aromatic nitrogens is 2. The highest BCUT2D eigenvalue weighted by atomic mass is 32.2. The van der Waals surface area contributed by atoms with Crippen molar-refractivity contribution in [3.05, 3.63) is 5.89 Å². The van der Waals surface area contributed by atoms with Gasteiger partial charge in [0.25, 0.3) is 5.22 Å². The molecule has 68 valence electrons. The van der Waals surface area contributed by atoms with Gasteiger partial charge in [0.1, 0.15) is 0 Å². The first-order chi connectivity index (χ1) is 5.76. The zero-order valence-electron chi connectivity index (χ0n) is 7.28. The maximum Gasteiger partial charge on any atom is 0.276 e. The number of hydrogen-bond acceptors (Lipinski definition) is 5. The Kier molecular flexibility index (Phi) is 3.55. The summed E-state index contributed by atoms with van der Waals surface area (Å²) in [6.07, 6.45) is 1.09. The Morgan fingerprint density at radius 3 is 2.83 bits per heavy atom. The smallest absolute Gasteiger partial charge is 0.276 e. The fraction of sp³-hybridized carbons (Fsp3) is 0.714. The number of nitrogens with zero attached hydrogens (tertiary/aromatic N) is 2. The van der Waals surface area contributed by atoms with Gasteiger partial charge in [0, 0.05) is 5.25 Å². The third-order valence-corrected chi connectivity index (χ3v) is 2.60. The molecule has 0 radical (unpaired) electrons. The summed E-state index contributed by atoms with van der Waals surface area (Å²) >= 11 is 1.58. The van der Waals surface area contributed by atoms with Crippen LogP contribution in [0.4, 0.5) is 0 Å². The Balaban J connectivity index is 2.52. The fourth-order valence-electron chi connectivity index (χ4n) is 0.624. The van der Waals surface area contributed by atoms with Crippen LogP contribution >= 0.6 is 11.8 Å². The van der Waals surface area contributed by atoms with E-state index in [1.54, 1.807) is 11.8 Å². The van der Waals surface area contributed by atoms with E-state index in [9.17, 15) is 0 Å². The van der Waals surface area contributed by atoms with Crippen LogP contribution in [-0.4, -0.2) is 15.4 Å². The second kappa shape index (κ2) is 4.47. The molecule has 0 bridgehead atoms. The summed E-state index contributed by atoms with van der Waals surface area (Å²) in [4.78, 5) is 0. The van der Waals surface area contributed by atoms with Crippen LogP contribution in [0.3, 0.4) is 0 Å². The summed E-state index contributed by atoms with van der Waals surface area (Å²) < 4.78 is 5.22. The van der Waals surface area contributed by atoms with Gasteiger partial charge in [-0.2, -0.15) is 0 Å². The molecule has 0 aliphatic heterocycles. The highest BCUT2D eigenvalue weighted by Gasteiger charge is 2.08. The van der Waals surface area contributed by atoms with Crippen molar-refractivity contribution in [1.82, 2.24) is 10.2 Å². The summed E-state index contributed by atoms with van der Waals surface area (Å²) in [7, 11) is 0.